The van der Waals surface area contributed by atoms with Gasteiger partial charge in [-0.2, -0.15) is 0 Å². The zero-order chi connectivity index (χ0) is 23.7. The molecule has 170 valence electrons. The van der Waals surface area contributed by atoms with Crippen molar-refractivity contribution in [1.29, 1.82) is 0 Å². The predicted octanol–water partition coefficient (Wildman–Crippen LogP) is 6.31. The lowest BCUT2D eigenvalue weighted by atomic mass is 10.1. The molecule has 1 N–H and O–H groups in total. The Balaban J connectivity index is 1.55. The minimum absolute atomic E-state index is 0.0797. The highest BCUT2D eigenvalue weighted by molar-refractivity contribution is 7.99. The van der Waals surface area contributed by atoms with Crippen LogP contribution in [0.2, 0.25) is 5.02 Å². The van der Waals surface area contributed by atoms with E-state index in [4.69, 9.17) is 16.0 Å². The van der Waals surface area contributed by atoms with Crippen LogP contribution >= 0.6 is 23.4 Å². The van der Waals surface area contributed by atoms with E-state index in [1.165, 1.54) is 35.1 Å². The number of rotatable bonds is 5. The summed E-state index contributed by atoms with van der Waals surface area (Å²) in [6.45, 7) is 0.153. The van der Waals surface area contributed by atoms with Gasteiger partial charge < -0.3 is 14.6 Å². The van der Waals surface area contributed by atoms with Gasteiger partial charge in [-0.25, -0.2) is 4.39 Å². The smallest absolute Gasteiger partial charge is 0.259 e. The maximum absolute atomic E-state index is 14.6. The number of carbonyl (C=O) groups is 2. The van der Waals surface area contributed by atoms with Crippen LogP contribution in [0, 0.1) is 5.82 Å². The van der Waals surface area contributed by atoms with Crippen LogP contribution in [0.3, 0.4) is 0 Å². The van der Waals surface area contributed by atoms with E-state index in [1.807, 2.05) is 12.1 Å². The van der Waals surface area contributed by atoms with E-state index in [0.29, 0.717) is 22.6 Å². The molecule has 0 atom stereocenters. The zero-order valence-electron chi connectivity index (χ0n) is 17.8. The van der Waals surface area contributed by atoms with Crippen molar-refractivity contribution < 1.29 is 18.4 Å². The summed E-state index contributed by atoms with van der Waals surface area (Å²) < 4.78 is 19.9. The summed E-state index contributed by atoms with van der Waals surface area (Å²) in [4.78, 5) is 29.5. The van der Waals surface area contributed by atoms with E-state index in [-0.39, 0.29) is 35.5 Å². The van der Waals surface area contributed by atoms with Crippen LogP contribution < -0.4 is 10.2 Å². The minimum atomic E-state index is -0.501. The van der Waals surface area contributed by atoms with Crippen LogP contribution in [0.25, 0.3) is 0 Å². The summed E-state index contributed by atoms with van der Waals surface area (Å²) in [5.74, 6) is -0.490. The standard InChI is InChI=1S/C26H18ClFN2O3S/c27-20-7-3-8-21(28)19(20)15-30-22-13-16(25(31)29-14-17-5-4-12-33-17)10-11-24(22)34-23-9-2-1-6-18(23)26(30)32/h1-13H,14-15H2,(H,29,31). The van der Waals surface area contributed by atoms with Gasteiger partial charge in [-0.3, -0.25) is 9.59 Å². The van der Waals surface area contributed by atoms with Gasteiger partial charge in [0.2, 0.25) is 0 Å². The molecule has 34 heavy (non-hydrogen) atoms. The largest absolute Gasteiger partial charge is 0.467 e. The second kappa shape index (κ2) is 9.37. The second-order valence-electron chi connectivity index (χ2n) is 7.63. The molecule has 0 saturated heterocycles. The van der Waals surface area contributed by atoms with Crippen molar-refractivity contribution in [2.24, 2.45) is 0 Å². The van der Waals surface area contributed by atoms with Crippen LogP contribution in [0.5, 0.6) is 0 Å². The minimum Gasteiger partial charge on any atom is -0.467 e. The fourth-order valence-electron chi connectivity index (χ4n) is 3.74. The van der Waals surface area contributed by atoms with Gasteiger partial charge in [-0.15, -0.1) is 0 Å². The Morgan fingerprint density at radius 2 is 1.88 bits per heavy atom. The Kier molecular flexibility index (Phi) is 6.13. The normalized spacial score (nSPS) is 12.6. The van der Waals surface area contributed by atoms with Crippen molar-refractivity contribution in [2.45, 2.75) is 22.9 Å². The second-order valence-corrected chi connectivity index (χ2v) is 9.13. The number of amides is 2. The topological polar surface area (TPSA) is 62.6 Å². The molecule has 0 fully saturated rings. The number of anilines is 1. The Bertz CT molecular complexity index is 1370. The highest BCUT2D eigenvalue weighted by atomic mass is 35.5. The average Bonchev–Trinajstić information content (AvgIpc) is 3.33. The van der Waals surface area contributed by atoms with Gasteiger partial charge in [-0.1, -0.05) is 41.6 Å². The molecule has 0 aliphatic carbocycles. The van der Waals surface area contributed by atoms with E-state index in [0.717, 1.165) is 9.79 Å². The zero-order valence-corrected chi connectivity index (χ0v) is 19.3. The van der Waals surface area contributed by atoms with Crippen LogP contribution in [0.4, 0.5) is 10.1 Å². The van der Waals surface area contributed by atoms with Gasteiger partial charge in [0, 0.05) is 25.9 Å². The van der Waals surface area contributed by atoms with Crippen molar-refractivity contribution in [3.05, 3.63) is 112 Å². The summed E-state index contributed by atoms with van der Waals surface area (Å²) in [5, 5.41) is 3.04. The molecule has 1 aliphatic heterocycles. The third-order valence-corrected chi connectivity index (χ3v) is 6.97. The molecule has 5 nitrogen and oxygen atoms in total. The Morgan fingerprint density at radius 1 is 1.03 bits per heavy atom. The van der Waals surface area contributed by atoms with Gasteiger partial charge >= 0.3 is 0 Å². The Hall–Kier alpha value is -3.55. The summed E-state index contributed by atoms with van der Waals surface area (Å²) in [6.07, 6.45) is 1.54. The van der Waals surface area contributed by atoms with Crippen molar-refractivity contribution in [1.82, 2.24) is 5.32 Å². The van der Waals surface area contributed by atoms with Gasteiger partial charge in [0.15, 0.2) is 0 Å². The molecule has 1 aliphatic rings. The van der Waals surface area contributed by atoms with Gasteiger partial charge in [0.05, 0.1) is 30.6 Å². The third-order valence-electron chi connectivity index (χ3n) is 5.48. The molecule has 4 aromatic rings. The van der Waals surface area contributed by atoms with Gasteiger partial charge in [0.1, 0.15) is 11.6 Å². The number of fused-ring (bicyclic) bond motifs is 2. The average molecular weight is 493 g/mol. The number of nitrogens with one attached hydrogen (secondary N) is 1. The van der Waals surface area contributed by atoms with Crippen LogP contribution in [0.1, 0.15) is 32.0 Å². The number of furan rings is 1. The van der Waals surface area contributed by atoms with Crippen molar-refractivity contribution in [3.8, 4) is 0 Å². The molecule has 0 saturated carbocycles. The van der Waals surface area contributed by atoms with E-state index >= 15 is 0 Å². The van der Waals surface area contributed by atoms with Crippen molar-refractivity contribution in [3.63, 3.8) is 0 Å². The molecule has 0 unspecified atom stereocenters. The monoisotopic (exact) mass is 492 g/mol. The molecule has 8 heteroatoms. The molecule has 5 rings (SSSR count). The number of hydrogen-bond acceptors (Lipinski definition) is 4. The lowest BCUT2D eigenvalue weighted by molar-refractivity contribution is 0.0945. The third kappa shape index (κ3) is 4.32. The fourth-order valence-corrected chi connectivity index (χ4v) is 5.02. The summed E-state index contributed by atoms with van der Waals surface area (Å²) in [6, 6.07) is 20.3. The number of nitrogens with zero attached hydrogens (tertiary/aromatic N) is 1. The van der Waals surface area contributed by atoms with E-state index in [1.54, 1.807) is 48.5 Å². The number of hydrogen-bond donors (Lipinski definition) is 1. The Labute approximate surface area is 204 Å². The molecule has 2 heterocycles. The van der Waals surface area contributed by atoms with Crippen LogP contribution in [0.15, 0.2) is 93.3 Å². The van der Waals surface area contributed by atoms with Crippen molar-refractivity contribution >= 4 is 40.9 Å². The summed E-state index contributed by atoms with van der Waals surface area (Å²) in [5.41, 5.74) is 1.59. The van der Waals surface area contributed by atoms with Crippen LogP contribution in [-0.4, -0.2) is 11.8 Å². The maximum atomic E-state index is 14.6. The number of carbonyl (C=O) groups excluding carboxylic acids is 2. The molecule has 0 spiro atoms. The lowest BCUT2D eigenvalue weighted by Crippen LogP contribution is -2.31. The van der Waals surface area contributed by atoms with E-state index in [9.17, 15) is 14.0 Å². The summed E-state index contributed by atoms with van der Waals surface area (Å²) in [7, 11) is 0. The van der Waals surface area contributed by atoms with E-state index in [2.05, 4.69) is 5.32 Å². The molecule has 0 radical (unpaired) electrons. The fraction of sp³-hybridized carbons (Fsp3) is 0.0769. The first-order valence-corrected chi connectivity index (χ1v) is 11.7. The number of halogens is 2. The van der Waals surface area contributed by atoms with E-state index < -0.39 is 5.82 Å². The first-order chi connectivity index (χ1) is 16.5. The van der Waals surface area contributed by atoms with Gasteiger partial charge in [0.25, 0.3) is 11.8 Å². The lowest BCUT2D eigenvalue weighted by Gasteiger charge is -2.24. The molecule has 2 amide bonds. The van der Waals surface area contributed by atoms with Gasteiger partial charge in [-0.05, 0) is 54.6 Å². The first-order valence-electron chi connectivity index (χ1n) is 10.5. The molecular weight excluding hydrogens is 475 g/mol. The van der Waals surface area contributed by atoms with Crippen LogP contribution in [-0.2, 0) is 13.1 Å². The maximum Gasteiger partial charge on any atom is 0.259 e. The summed E-state index contributed by atoms with van der Waals surface area (Å²) >= 11 is 7.71. The molecular formula is C26H18ClFN2O3S. The number of benzene rings is 3. The molecule has 0 bridgehead atoms. The first kappa shape index (κ1) is 22.3. The highest BCUT2D eigenvalue weighted by Crippen LogP contribution is 2.42. The molecule has 3 aromatic carbocycles. The Morgan fingerprint density at radius 3 is 2.68 bits per heavy atom. The SMILES string of the molecule is O=C(NCc1ccco1)c1ccc2c(c1)N(Cc1c(F)cccc1Cl)C(=O)c1ccccc1S2. The quantitative estimate of drug-likeness (QED) is 0.354. The predicted molar refractivity (Wildman–Crippen MR) is 129 cm³/mol. The van der Waals surface area contributed by atoms with Crippen molar-refractivity contribution in [2.75, 3.05) is 4.90 Å². The molecule has 1 aromatic heterocycles. The highest BCUT2D eigenvalue weighted by Gasteiger charge is 2.29.